The highest BCUT2D eigenvalue weighted by Crippen LogP contribution is 2.36. The van der Waals surface area contributed by atoms with Gasteiger partial charge in [-0.15, -0.1) is 0 Å². The van der Waals surface area contributed by atoms with Crippen molar-refractivity contribution >= 4 is 45.9 Å². The average molecular weight is 852 g/mol. The van der Waals surface area contributed by atoms with E-state index in [1.54, 1.807) is 30.1 Å². The summed E-state index contributed by atoms with van der Waals surface area (Å²) in [6.45, 7) is 4.21. The molecule has 0 radical (unpaired) electrons. The lowest BCUT2D eigenvalue weighted by Gasteiger charge is -2.31. The van der Waals surface area contributed by atoms with Crippen LogP contribution in [0, 0.1) is 17.8 Å². The number of nitrogens with zero attached hydrogens (tertiary/aromatic N) is 9. The molecular formula is C43H47F2N11O6. The number of alkyl halides is 2. The first-order valence-electron chi connectivity index (χ1n) is 21.4. The van der Waals surface area contributed by atoms with E-state index >= 15 is 0 Å². The largest absolute Gasteiger partial charge is 0.374 e. The number of ether oxygens (including phenoxy) is 2. The number of likely N-dealkylation sites (tertiary alicyclic amines) is 1. The zero-order chi connectivity index (χ0) is 42.6. The molecule has 2 N–H and O–H groups in total. The van der Waals surface area contributed by atoms with Crippen molar-refractivity contribution in [2.75, 3.05) is 49.6 Å². The predicted molar refractivity (Wildman–Crippen MR) is 221 cm³/mol. The second-order valence-electron chi connectivity index (χ2n) is 17.1. The van der Waals surface area contributed by atoms with Gasteiger partial charge < -0.3 is 24.6 Å². The van der Waals surface area contributed by atoms with Crippen LogP contribution >= 0.6 is 0 Å². The van der Waals surface area contributed by atoms with Crippen LogP contribution in [-0.2, 0) is 26.1 Å². The van der Waals surface area contributed by atoms with Crippen molar-refractivity contribution in [2.45, 2.75) is 88.1 Å². The highest BCUT2D eigenvalue weighted by Gasteiger charge is 2.40. The minimum atomic E-state index is -2.87. The van der Waals surface area contributed by atoms with Crippen LogP contribution in [0.5, 0.6) is 0 Å². The van der Waals surface area contributed by atoms with E-state index in [9.17, 15) is 28.0 Å². The van der Waals surface area contributed by atoms with Crippen molar-refractivity contribution < 1.29 is 32.6 Å². The number of piperidine rings is 1. The summed E-state index contributed by atoms with van der Waals surface area (Å²) >= 11 is 0. The number of morpholine rings is 1. The van der Waals surface area contributed by atoms with Crippen LogP contribution in [0.4, 0.5) is 20.3 Å². The summed E-state index contributed by atoms with van der Waals surface area (Å²) in [6, 6.07) is 6.69. The maximum Gasteiger partial charge on any atom is 0.329 e. The third-order valence-electron chi connectivity index (χ3n) is 13.2. The monoisotopic (exact) mass is 851 g/mol. The maximum atomic E-state index is 14.3. The number of hydrogen-bond acceptors (Lipinski definition) is 11. The van der Waals surface area contributed by atoms with Crippen molar-refractivity contribution in [3.05, 3.63) is 70.2 Å². The first kappa shape index (κ1) is 40.1. The van der Waals surface area contributed by atoms with Gasteiger partial charge in [0.2, 0.25) is 11.8 Å². The van der Waals surface area contributed by atoms with Gasteiger partial charge in [-0.1, -0.05) is 17.9 Å². The zero-order valence-corrected chi connectivity index (χ0v) is 34.2. The molecule has 17 nitrogen and oxygen atoms in total. The van der Waals surface area contributed by atoms with Gasteiger partial charge in [-0.3, -0.25) is 33.5 Å². The van der Waals surface area contributed by atoms with Gasteiger partial charge in [0.15, 0.2) is 11.3 Å². The Kier molecular flexibility index (Phi) is 10.6. The Bertz CT molecular complexity index is 2690. The van der Waals surface area contributed by atoms with Gasteiger partial charge in [-0.2, -0.15) is 10.2 Å². The van der Waals surface area contributed by atoms with E-state index in [0.717, 1.165) is 70.5 Å². The van der Waals surface area contributed by atoms with Gasteiger partial charge in [-0.25, -0.2) is 23.1 Å². The normalized spacial score (nSPS) is 25.3. The van der Waals surface area contributed by atoms with Crippen molar-refractivity contribution in [2.24, 2.45) is 13.0 Å². The molecule has 4 aromatic heterocycles. The van der Waals surface area contributed by atoms with Crippen LogP contribution in [-0.4, -0.2) is 114 Å². The first-order chi connectivity index (χ1) is 30.1. The smallest absolute Gasteiger partial charge is 0.329 e. The number of imide groups is 1. The summed E-state index contributed by atoms with van der Waals surface area (Å²) in [5, 5.41) is 13.6. The van der Waals surface area contributed by atoms with Crippen molar-refractivity contribution in [3.63, 3.8) is 0 Å². The Morgan fingerprint density at radius 1 is 1.08 bits per heavy atom. The number of aryl methyl sites for hydroxylation is 1. The second kappa shape index (κ2) is 16.4. The van der Waals surface area contributed by atoms with E-state index in [1.165, 1.54) is 26.0 Å². The molecular weight excluding hydrogens is 805 g/mol. The molecule has 1 unspecified atom stereocenters. The van der Waals surface area contributed by atoms with E-state index in [4.69, 9.17) is 14.5 Å². The molecule has 4 atom stereocenters. The summed E-state index contributed by atoms with van der Waals surface area (Å²) in [7, 11) is 1.65. The van der Waals surface area contributed by atoms with Gasteiger partial charge in [0, 0.05) is 52.0 Å². The van der Waals surface area contributed by atoms with Crippen LogP contribution in [0.1, 0.15) is 91.5 Å². The Hall–Kier alpha value is -5.97. The van der Waals surface area contributed by atoms with E-state index in [0.29, 0.717) is 34.8 Å². The molecule has 8 heterocycles. The average Bonchev–Trinajstić information content (AvgIpc) is 4.14. The number of amides is 3. The van der Waals surface area contributed by atoms with Crippen LogP contribution in [0.25, 0.3) is 16.7 Å². The number of rotatable bonds is 10. The fraction of sp³-hybridized carbons (Fsp3) is 0.512. The molecule has 0 spiro atoms. The number of fused-ring (bicyclic) bond motifs is 4. The Morgan fingerprint density at radius 3 is 2.71 bits per heavy atom. The third-order valence-corrected chi connectivity index (χ3v) is 13.2. The molecule has 5 aliphatic rings. The van der Waals surface area contributed by atoms with E-state index in [-0.39, 0.29) is 66.6 Å². The highest BCUT2D eigenvalue weighted by molar-refractivity contribution is 6.08. The standard InChI is InChI=1S/C43H47F2N11O6/c1-51-38-26(4-2-6-33(38)56(43(51)60)34-11-12-36(57)49-42(34)59)5-3-17-61-29-13-15-52(21-29)20-25-7-9-27(10-8-25)55-23-32(37(50-55)39(44)45)47-41(58)31-19-46-54-16-14-35(48-40(31)54)53-22-30-18-28(53)24-62-30/h2,4,6,14,16,19,23,25,27-30,34,39H,7-13,15,17-18,20-22,24H2,1H3,(H,47,58)(H,49,57,59)/t25?,27?,28-,29+,30-,34?/m1/s1. The topological polar surface area (TPSA) is 175 Å². The number of hydrogen-bond donors (Lipinski definition) is 2. The Labute approximate surface area is 354 Å². The lowest BCUT2D eigenvalue weighted by atomic mass is 9.86. The number of carbonyl (C=O) groups is 3. The number of aromatic nitrogens is 7. The van der Waals surface area contributed by atoms with Crippen LogP contribution in [0.3, 0.4) is 0 Å². The predicted octanol–water partition coefficient (Wildman–Crippen LogP) is 3.60. The second-order valence-corrected chi connectivity index (χ2v) is 17.1. The molecule has 324 valence electrons. The van der Waals surface area contributed by atoms with E-state index in [2.05, 4.69) is 42.5 Å². The number of imidazole rings is 1. The maximum absolute atomic E-state index is 14.3. The molecule has 4 aliphatic heterocycles. The fourth-order valence-electron chi connectivity index (χ4n) is 10.0. The summed E-state index contributed by atoms with van der Waals surface area (Å²) in [4.78, 5) is 60.4. The molecule has 1 saturated carbocycles. The number of anilines is 2. The van der Waals surface area contributed by atoms with Crippen molar-refractivity contribution in [1.82, 2.24) is 43.7 Å². The van der Waals surface area contributed by atoms with Gasteiger partial charge in [-0.05, 0) is 69.1 Å². The molecule has 1 aromatic carbocycles. The van der Waals surface area contributed by atoms with Gasteiger partial charge in [0.05, 0.1) is 59.4 Å². The number of nitrogens with one attached hydrogen (secondary N) is 2. The minimum Gasteiger partial charge on any atom is -0.374 e. The van der Waals surface area contributed by atoms with Gasteiger partial charge in [0.1, 0.15) is 24.0 Å². The minimum absolute atomic E-state index is 0.0176. The number of carbonyl (C=O) groups excluding carboxylic acids is 3. The molecule has 3 amide bonds. The highest BCUT2D eigenvalue weighted by atomic mass is 19.3. The molecule has 62 heavy (non-hydrogen) atoms. The quantitative estimate of drug-likeness (QED) is 0.155. The van der Waals surface area contributed by atoms with Crippen LogP contribution < -0.4 is 21.2 Å². The molecule has 5 fully saturated rings. The van der Waals surface area contributed by atoms with Crippen LogP contribution in [0.2, 0.25) is 0 Å². The molecule has 5 aromatic rings. The number of para-hydroxylation sites is 1. The van der Waals surface area contributed by atoms with Gasteiger partial charge in [0.25, 0.3) is 12.3 Å². The molecule has 4 saturated heterocycles. The summed E-state index contributed by atoms with van der Waals surface area (Å²) in [5.41, 5.74) is 1.57. The van der Waals surface area contributed by atoms with E-state index < -0.39 is 30.0 Å². The first-order valence-corrected chi connectivity index (χ1v) is 21.4. The van der Waals surface area contributed by atoms with Crippen LogP contribution in [0.15, 0.2) is 47.7 Å². The summed E-state index contributed by atoms with van der Waals surface area (Å²) < 4.78 is 46.5. The molecule has 2 bridgehead atoms. The Morgan fingerprint density at radius 2 is 1.94 bits per heavy atom. The zero-order valence-electron chi connectivity index (χ0n) is 34.2. The SMILES string of the molecule is Cn1c(=O)n(C2CCC(=O)NC2=O)c2cccc(C#CCO[C@H]3CCN(CC4CCC(n5cc(NC(=O)c6cnn7ccc(N8C[C@H]9C[C@@H]8CO9)nc67)c(C(F)F)n5)CC4)C3)c21. The number of benzene rings is 1. The lowest BCUT2D eigenvalue weighted by molar-refractivity contribution is -0.135. The summed E-state index contributed by atoms with van der Waals surface area (Å²) in [5.74, 6) is 6.05. The lowest BCUT2D eigenvalue weighted by Crippen LogP contribution is -2.44. The molecule has 19 heteroatoms. The van der Waals surface area contributed by atoms with Crippen molar-refractivity contribution in [1.29, 1.82) is 0 Å². The number of halogens is 2. The fourth-order valence-corrected chi connectivity index (χ4v) is 10.0. The molecule has 10 rings (SSSR count). The third kappa shape index (κ3) is 7.53. The van der Waals surface area contributed by atoms with Crippen molar-refractivity contribution in [3.8, 4) is 11.8 Å². The Balaban J connectivity index is 0.717. The van der Waals surface area contributed by atoms with E-state index in [1.807, 2.05) is 12.1 Å². The van der Waals surface area contributed by atoms with Gasteiger partial charge >= 0.3 is 5.69 Å². The molecule has 1 aliphatic carbocycles. The summed E-state index contributed by atoms with van der Waals surface area (Å²) in [6.07, 6.45) is 7.68.